The van der Waals surface area contributed by atoms with E-state index in [0.29, 0.717) is 23.9 Å². The smallest absolute Gasteiger partial charge is 0.315 e. The molecule has 0 spiro atoms. The lowest BCUT2D eigenvalue weighted by atomic mass is 10.1. The highest BCUT2D eigenvalue weighted by atomic mass is 16.5. The number of piperazine rings is 1. The van der Waals surface area contributed by atoms with Gasteiger partial charge in [0.2, 0.25) is 0 Å². The summed E-state index contributed by atoms with van der Waals surface area (Å²) in [5.41, 5.74) is 1.77. The van der Waals surface area contributed by atoms with Crippen molar-refractivity contribution in [2.24, 2.45) is 7.05 Å². The van der Waals surface area contributed by atoms with Crippen molar-refractivity contribution >= 4 is 11.8 Å². The predicted octanol–water partition coefficient (Wildman–Crippen LogP) is 2.17. The molecule has 1 aromatic carbocycles. The summed E-state index contributed by atoms with van der Waals surface area (Å²) in [6.45, 7) is 4.14. The van der Waals surface area contributed by atoms with E-state index >= 15 is 0 Å². The Morgan fingerprint density at radius 1 is 1.03 bits per heavy atom. The van der Waals surface area contributed by atoms with E-state index in [1.807, 2.05) is 42.1 Å². The number of carbonyl (C=O) groups excluding carboxylic acids is 1. The second-order valence-corrected chi connectivity index (χ2v) is 8.58. The number of anilines is 1. The van der Waals surface area contributed by atoms with Gasteiger partial charge in [0.25, 0.3) is 0 Å². The first-order valence-corrected chi connectivity index (χ1v) is 11.6. The van der Waals surface area contributed by atoms with Gasteiger partial charge in [0.05, 0.1) is 14.2 Å². The molecule has 3 heterocycles. The quantitative estimate of drug-likeness (QED) is 0.511. The number of carbonyl (C=O) groups is 1. The molecule has 10 nitrogen and oxygen atoms in total. The van der Waals surface area contributed by atoms with E-state index in [4.69, 9.17) is 9.47 Å². The molecule has 2 N–H and O–H groups in total. The van der Waals surface area contributed by atoms with E-state index in [-0.39, 0.29) is 6.03 Å². The van der Waals surface area contributed by atoms with E-state index < -0.39 is 6.04 Å². The number of ether oxygens (including phenoxy) is 2. The van der Waals surface area contributed by atoms with E-state index in [0.717, 1.165) is 43.1 Å². The highest BCUT2D eigenvalue weighted by Gasteiger charge is 2.23. The van der Waals surface area contributed by atoms with Gasteiger partial charge in [-0.25, -0.2) is 14.8 Å². The Kier molecular flexibility index (Phi) is 7.71. The molecule has 186 valence electrons. The van der Waals surface area contributed by atoms with Crippen LogP contribution in [-0.2, 0) is 13.6 Å². The average Bonchev–Trinajstić information content (AvgIpc) is 3.31. The summed E-state index contributed by atoms with van der Waals surface area (Å²) in [7, 11) is 7.21. The molecule has 4 rings (SSSR count). The van der Waals surface area contributed by atoms with Crippen LogP contribution in [0.5, 0.6) is 11.5 Å². The number of aryl methyl sites for hydroxylation is 1. The Morgan fingerprint density at radius 3 is 2.37 bits per heavy atom. The van der Waals surface area contributed by atoms with Crippen LogP contribution in [0.15, 0.2) is 48.9 Å². The maximum atomic E-state index is 13.1. The van der Waals surface area contributed by atoms with Gasteiger partial charge in [0.1, 0.15) is 29.2 Å². The van der Waals surface area contributed by atoms with Crippen molar-refractivity contribution in [3.8, 4) is 11.5 Å². The van der Waals surface area contributed by atoms with Gasteiger partial charge >= 0.3 is 6.03 Å². The van der Waals surface area contributed by atoms with E-state index in [9.17, 15) is 4.79 Å². The van der Waals surface area contributed by atoms with Crippen LogP contribution in [0.3, 0.4) is 0 Å². The summed E-state index contributed by atoms with van der Waals surface area (Å²) in [6.07, 6.45) is 5.35. The van der Waals surface area contributed by atoms with Crippen molar-refractivity contribution in [2.75, 3.05) is 52.3 Å². The van der Waals surface area contributed by atoms with Gasteiger partial charge in [-0.05, 0) is 30.8 Å². The maximum Gasteiger partial charge on any atom is 0.315 e. The van der Waals surface area contributed by atoms with Crippen LogP contribution in [0, 0.1) is 0 Å². The molecular weight excluding hydrogens is 446 g/mol. The Morgan fingerprint density at radius 2 is 1.74 bits per heavy atom. The van der Waals surface area contributed by atoms with Gasteiger partial charge in [-0.3, -0.25) is 0 Å². The van der Waals surface area contributed by atoms with Crippen LogP contribution < -0.4 is 25.0 Å². The molecule has 0 radical (unpaired) electrons. The number of hydrogen-bond acceptors (Lipinski definition) is 7. The zero-order valence-electron chi connectivity index (χ0n) is 20.7. The van der Waals surface area contributed by atoms with Crippen LogP contribution in [-0.4, -0.2) is 72.9 Å². The number of benzene rings is 1. The van der Waals surface area contributed by atoms with Gasteiger partial charge in [0.15, 0.2) is 0 Å². The number of hydrogen-bond donors (Lipinski definition) is 2. The first-order valence-electron chi connectivity index (χ1n) is 11.6. The number of methoxy groups -OCH3 is 2. The number of imidazole rings is 1. The SMILES string of the molecule is COc1cc(OC)cc(C(NC(=O)NCc2cccnc2N2CCN(C)CC2)c2nccn2C)c1. The number of urea groups is 1. The highest BCUT2D eigenvalue weighted by molar-refractivity contribution is 5.75. The van der Waals surface area contributed by atoms with Gasteiger partial charge in [0, 0.05) is 70.0 Å². The van der Waals surface area contributed by atoms with Crippen molar-refractivity contribution in [1.82, 2.24) is 30.1 Å². The van der Waals surface area contributed by atoms with Gasteiger partial charge in [-0.2, -0.15) is 0 Å². The zero-order chi connectivity index (χ0) is 24.8. The number of amides is 2. The van der Waals surface area contributed by atoms with E-state index in [1.165, 1.54) is 0 Å². The Balaban J connectivity index is 1.51. The van der Waals surface area contributed by atoms with Crippen molar-refractivity contribution < 1.29 is 14.3 Å². The van der Waals surface area contributed by atoms with Crippen molar-refractivity contribution in [3.05, 3.63) is 65.9 Å². The van der Waals surface area contributed by atoms with Crippen LogP contribution >= 0.6 is 0 Å². The minimum absolute atomic E-state index is 0.312. The zero-order valence-corrected chi connectivity index (χ0v) is 20.7. The minimum Gasteiger partial charge on any atom is -0.497 e. The molecule has 0 bridgehead atoms. The third kappa shape index (κ3) is 5.83. The van der Waals surface area contributed by atoms with Crippen LogP contribution in [0.25, 0.3) is 0 Å². The molecule has 1 atom stereocenters. The number of aromatic nitrogens is 3. The highest BCUT2D eigenvalue weighted by Crippen LogP contribution is 2.29. The fraction of sp³-hybridized carbons (Fsp3) is 0.400. The summed E-state index contributed by atoms with van der Waals surface area (Å²) < 4.78 is 12.7. The molecule has 2 aromatic heterocycles. The summed E-state index contributed by atoms with van der Waals surface area (Å²) in [6, 6.07) is 8.61. The number of rotatable bonds is 8. The standard InChI is InChI=1S/C25H33N7O3/c1-30-10-12-32(13-11-30)23-18(6-5-7-26-23)17-28-25(33)29-22(24-27-8-9-31(24)2)19-14-20(34-3)16-21(15-19)35-4/h5-9,14-16,22H,10-13,17H2,1-4H3,(H2,28,29,33). The van der Waals surface area contributed by atoms with E-state index in [1.54, 1.807) is 32.7 Å². The lowest BCUT2D eigenvalue weighted by molar-refractivity contribution is 0.237. The molecule has 1 fully saturated rings. The second kappa shape index (κ2) is 11.1. The molecule has 10 heteroatoms. The number of nitrogens with one attached hydrogen (secondary N) is 2. The molecule has 1 aliphatic heterocycles. The Hall–Kier alpha value is -3.79. The number of likely N-dealkylation sites (N-methyl/N-ethyl adjacent to an activating group) is 1. The molecule has 0 saturated carbocycles. The lowest BCUT2D eigenvalue weighted by Gasteiger charge is -2.34. The summed E-state index contributed by atoms with van der Waals surface area (Å²) in [5.74, 6) is 2.87. The summed E-state index contributed by atoms with van der Waals surface area (Å²) in [4.78, 5) is 26.7. The minimum atomic E-state index is -0.509. The molecular formula is C25H33N7O3. The van der Waals surface area contributed by atoms with Crippen LogP contribution in [0.4, 0.5) is 10.6 Å². The predicted molar refractivity (Wildman–Crippen MR) is 134 cm³/mol. The molecule has 1 unspecified atom stereocenters. The van der Waals surface area contributed by atoms with Crippen molar-refractivity contribution in [3.63, 3.8) is 0 Å². The average molecular weight is 480 g/mol. The maximum absolute atomic E-state index is 13.1. The van der Waals surface area contributed by atoms with Gasteiger partial charge < -0.3 is 34.5 Å². The first kappa shape index (κ1) is 24.3. The van der Waals surface area contributed by atoms with E-state index in [2.05, 4.69) is 37.4 Å². The van der Waals surface area contributed by atoms with Crippen LogP contribution in [0.1, 0.15) is 23.0 Å². The topological polar surface area (TPSA) is 96.8 Å². The molecule has 0 aliphatic carbocycles. The van der Waals surface area contributed by atoms with Crippen LogP contribution in [0.2, 0.25) is 0 Å². The summed E-state index contributed by atoms with van der Waals surface area (Å²) >= 11 is 0. The Labute approximate surface area is 205 Å². The molecule has 3 aromatic rings. The third-order valence-electron chi connectivity index (χ3n) is 6.21. The molecule has 1 aliphatic rings. The van der Waals surface area contributed by atoms with Crippen molar-refractivity contribution in [2.45, 2.75) is 12.6 Å². The molecule has 2 amide bonds. The lowest BCUT2D eigenvalue weighted by Crippen LogP contribution is -2.45. The molecule has 35 heavy (non-hydrogen) atoms. The second-order valence-electron chi connectivity index (χ2n) is 8.58. The third-order valence-corrected chi connectivity index (χ3v) is 6.21. The largest absolute Gasteiger partial charge is 0.497 e. The normalized spacial score (nSPS) is 14.9. The van der Waals surface area contributed by atoms with Gasteiger partial charge in [-0.15, -0.1) is 0 Å². The monoisotopic (exact) mass is 479 g/mol. The van der Waals surface area contributed by atoms with Crippen molar-refractivity contribution in [1.29, 1.82) is 0 Å². The molecule has 1 saturated heterocycles. The summed E-state index contributed by atoms with van der Waals surface area (Å²) in [5, 5.41) is 6.07. The fourth-order valence-corrected chi connectivity index (χ4v) is 4.18. The first-order chi connectivity index (χ1) is 17.0. The number of nitrogens with zero attached hydrogens (tertiary/aromatic N) is 5. The Bertz CT molecular complexity index is 1120. The number of pyridine rings is 1. The fourth-order valence-electron chi connectivity index (χ4n) is 4.18. The van der Waals surface area contributed by atoms with Gasteiger partial charge in [-0.1, -0.05) is 6.07 Å².